The topological polar surface area (TPSA) is 29.5 Å². The highest BCUT2D eigenvalue weighted by Gasteiger charge is 2.28. The predicted molar refractivity (Wildman–Crippen MR) is 56.0 cm³/mol. The van der Waals surface area contributed by atoms with Crippen LogP contribution in [0, 0.1) is 0 Å². The number of carbonyl (C=O) groups is 1. The Hall–Kier alpha value is -0.830. The molecule has 0 aromatic rings. The lowest BCUT2D eigenvalue weighted by Crippen LogP contribution is -2.45. The molecule has 0 aliphatic carbocycles. The van der Waals surface area contributed by atoms with Crippen molar-refractivity contribution in [2.24, 2.45) is 0 Å². The lowest BCUT2D eigenvalue weighted by molar-refractivity contribution is -0.148. The Kier molecular flexibility index (Phi) is 4.14. The molecule has 0 bridgehead atoms. The molecule has 0 saturated carbocycles. The van der Waals surface area contributed by atoms with Gasteiger partial charge in [-0.1, -0.05) is 18.6 Å². The molecule has 14 heavy (non-hydrogen) atoms. The van der Waals surface area contributed by atoms with Crippen molar-refractivity contribution in [3.05, 3.63) is 12.2 Å². The largest absolute Gasteiger partial charge is 0.468 e. The fourth-order valence-corrected chi connectivity index (χ4v) is 1.93. The number of ether oxygens (including phenoxy) is 1. The van der Waals surface area contributed by atoms with E-state index >= 15 is 0 Å². The van der Waals surface area contributed by atoms with Crippen LogP contribution in [-0.4, -0.2) is 37.1 Å². The third kappa shape index (κ3) is 2.84. The minimum absolute atomic E-state index is 0.0505. The second kappa shape index (κ2) is 5.15. The minimum atomic E-state index is -0.106. The molecule has 3 heteroatoms. The first kappa shape index (κ1) is 11.2. The summed E-state index contributed by atoms with van der Waals surface area (Å²) in [6.45, 7) is 7.65. The summed E-state index contributed by atoms with van der Waals surface area (Å²) >= 11 is 0. The number of piperidine rings is 1. The molecule has 1 fully saturated rings. The molecule has 1 atom stereocenters. The lowest BCUT2D eigenvalue weighted by atomic mass is 10.0. The van der Waals surface area contributed by atoms with Crippen LogP contribution in [0.15, 0.2) is 12.2 Å². The van der Waals surface area contributed by atoms with Crippen LogP contribution in [0.3, 0.4) is 0 Å². The van der Waals surface area contributed by atoms with Crippen molar-refractivity contribution in [2.45, 2.75) is 32.2 Å². The number of hydrogen-bond acceptors (Lipinski definition) is 3. The summed E-state index contributed by atoms with van der Waals surface area (Å²) in [6, 6.07) is -0.0505. The summed E-state index contributed by atoms with van der Waals surface area (Å²) in [6.07, 6.45) is 3.20. The van der Waals surface area contributed by atoms with Crippen LogP contribution in [0.2, 0.25) is 0 Å². The van der Waals surface area contributed by atoms with E-state index in [1.807, 2.05) is 6.92 Å². The number of methoxy groups -OCH3 is 1. The predicted octanol–water partition coefficient (Wildman–Crippen LogP) is 1.59. The Balaban J connectivity index is 2.58. The molecular formula is C11H19NO2. The second-order valence-electron chi connectivity index (χ2n) is 3.96. The van der Waals surface area contributed by atoms with Gasteiger partial charge >= 0.3 is 5.97 Å². The number of hydrogen-bond donors (Lipinski definition) is 0. The van der Waals surface area contributed by atoms with E-state index in [0.29, 0.717) is 0 Å². The highest BCUT2D eigenvalue weighted by molar-refractivity contribution is 5.75. The van der Waals surface area contributed by atoms with Crippen molar-refractivity contribution in [3.8, 4) is 0 Å². The van der Waals surface area contributed by atoms with Gasteiger partial charge in [0.1, 0.15) is 6.04 Å². The molecule has 1 heterocycles. The molecule has 0 amide bonds. The molecular weight excluding hydrogens is 178 g/mol. The molecule has 1 aliphatic rings. The molecule has 80 valence electrons. The van der Waals surface area contributed by atoms with Crippen LogP contribution in [0.25, 0.3) is 0 Å². The summed E-state index contributed by atoms with van der Waals surface area (Å²) in [7, 11) is 1.45. The molecule has 1 unspecified atom stereocenters. The maximum absolute atomic E-state index is 11.5. The monoisotopic (exact) mass is 197 g/mol. The zero-order valence-electron chi connectivity index (χ0n) is 9.08. The van der Waals surface area contributed by atoms with Gasteiger partial charge in [0.05, 0.1) is 7.11 Å². The van der Waals surface area contributed by atoms with Crippen LogP contribution in [0.5, 0.6) is 0 Å². The van der Waals surface area contributed by atoms with Crippen molar-refractivity contribution < 1.29 is 9.53 Å². The average Bonchev–Trinajstić information content (AvgIpc) is 2.16. The van der Waals surface area contributed by atoms with Gasteiger partial charge in [-0.2, -0.15) is 0 Å². The molecule has 3 nitrogen and oxygen atoms in total. The summed E-state index contributed by atoms with van der Waals surface area (Å²) < 4.78 is 4.79. The van der Waals surface area contributed by atoms with E-state index in [2.05, 4.69) is 11.5 Å². The van der Waals surface area contributed by atoms with Crippen LogP contribution in [-0.2, 0) is 9.53 Å². The number of carbonyl (C=O) groups excluding carboxylic acids is 1. The summed E-state index contributed by atoms with van der Waals surface area (Å²) in [5.41, 5.74) is 1.10. The van der Waals surface area contributed by atoms with E-state index < -0.39 is 0 Å². The first-order chi connectivity index (χ1) is 6.65. The van der Waals surface area contributed by atoms with Gasteiger partial charge in [-0.15, -0.1) is 0 Å². The number of esters is 1. The van der Waals surface area contributed by atoms with Gasteiger partial charge in [-0.25, -0.2) is 0 Å². The van der Waals surface area contributed by atoms with Gasteiger partial charge in [-0.3, -0.25) is 9.69 Å². The summed E-state index contributed by atoms with van der Waals surface area (Å²) in [4.78, 5) is 13.6. The summed E-state index contributed by atoms with van der Waals surface area (Å²) in [5, 5.41) is 0. The van der Waals surface area contributed by atoms with E-state index in [1.165, 1.54) is 13.5 Å². The standard InChI is InChI=1S/C11H19NO2/c1-9(2)8-12-7-5-4-6-10(12)11(13)14-3/h10H,1,4-8H2,2-3H3. The van der Waals surface area contributed by atoms with Crippen molar-refractivity contribution in [1.82, 2.24) is 4.90 Å². The average molecular weight is 197 g/mol. The molecule has 1 rings (SSSR count). The molecule has 0 N–H and O–H groups in total. The van der Waals surface area contributed by atoms with Crippen molar-refractivity contribution in [1.29, 1.82) is 0 Å². The normalized spacial score (nSPS) is 23.1. The SMILES string of the molecule is C=C(C)CN1CCCCC1C(=O)OC. The maximum Gasteiger partial charge on any atom is 0.323 e. The lowest BCUT2D eigenvalue weighted by Gasteiger charge is -2.33. The fourth-order valence-electron chi connectivity index (χ4n) is 1.93. The van der Waals surface area contributed by atoms with Crippen molar-refractivity contribution >= 4 is 5.97 Å². The first-order valence-electron chi connectivity index (χ1n) is 5.11. The van der Waals surface area contributed by atoms with Gasteiger partial charge < -0.3 is 4.74 Å². The zero-order chi connectivity index (χ0) is 10.6. The van der Waals surface area contributed by atoms with Gasteiger partial charge in [0.2, 0.25) is 0 Å². The molecule has 0 radical (unpaired) electrons. The smallest absolute Gasteiger partial charge is 0.323 e. The minimum Gasteiger partial charge on any atom is -0.468 e. The molecule has 0 aromatic carbocycles. The number of likely N-dealkylation sites (tertiary alicyclic amines) is 1. The van der Waals surface area contributed by atoms with E-state index in [1.54, 1.807) is 0 Å². The molecule has 0 spiro atoms. The van der Waals surface area contributed by atoms with Crippen LogP contribution >= 0.6 is 0 Å². The van der Waals surface area contributed by atoms with Gasteiger partial charge in [-0.05, 0) is 26.3 Å². The van der Waals surface area contributed by atoms with Gasteiger partial charge in [0.15, 0.2) is 0 Å². The number of nitrogens with zero attached hydrogens (tertiary/aromatic N) is 1. The van der Waals surface area contributed by atoms with Crippen LogP contribution in [0.4, 0.5) is 0 Å². The van der Waals surface area contributed by atoms with Gasteiger partial charge in [0, 0.05) is 6.54 Å². The highest BCUT2D eigenvalue weighted by Crippen LogP contribution is 2.18. The third-order valence-corrected chi connectivity index (χ3v) is 2.56. The Morgan fingerprint density at radius 1 is 1.57 bits per heavy atom. The fraction of sp³-hybridized carbons (Fsp3) is 0.727. The van der Waals surface area contributed by atoms with E-state index in [9.17, 15) is 4.79 Å². The van der Waals surface area contributed by atoms with E-state index in [4.69, 9.17) is 4.74 Å². The number of rotatable bonds is 3. The Morgan fingerprint density at radius 2 is 2.29 bits per heavy atom. The zero-order valence-corrected chi connectivity index (χ0v) is 9.08. The highest BCUT2D eigenvalue weighted by atomic mass is 16.5. The Bertz CT molecular complexity index is 225. The van der Waals surface area contributed by atoms with Crippen LogP contribution < -0.4 is 0 Å². The third-order valence-electron chi connectivity index (χ3n) is 2.56. The summed E-state index contributed by atoms with van der Waals surface area (Å²) in [5.74, 6) is -0.106. The van der Waals surface area contributed by atoms with Crippen molar-refractivity contribution in [2.75, 3.05) is 20.2 Å². The second-order valence-corrected chi connectivity index (χ2v) is 3.96. The van der Waals surface area contributed by atoms with Crippen LogP contribution in [0.1, 0.15) is 26.2 Å². The molecule has 1 saturated heterocycles. The quantitative estimate of drug-likeness (QED) is 0.508. The maximum atomic E-state index is 11.5. The Morgan fingerprint density at radius 3 is 2.86 bits per heavy atom. The first-order valence-corrected chi connectivity index (χ1v) is 5.11. The van der Waals surface area contributed by atoms with Gasteiger partial charge in [0.25, 0.3) is 0 Å². The molecule has 1 aliphatic heterocycles. The van der Waals surface area contributed by atoms with E-state index in [0.717, 1.165) is 31.5 Å². The van der Waals surface area contributed by atoms with Crippen molar-refractivity contribution in [3.63, 3.8) is 0 Å². The van der Waals surface area contributed by atoms with E-state index in [-0.39, 0.29) is 12.0 Å². The molecule has 0 aromatic heterocycles. The Labute approximate surface area is 85.7 Å².